The van der Waals surface area contributed by atoms with Crippen molar-refractivity contribution < 1.29 is 24.3 Å². The van der Waals surface area contributed by atoms with Gasteiger partial charge in [-0.25, -0.2) is 4.79 Å². The van der Waals surface area contributed by atoms with Crippen molar-refractivity contribution in [3.05, 3.63) is 0 Å². The summed E-state index contributed by atoms with van der Waals surface area (Å²) >= 11 is 0. The maximum absolute atomic E-state index is 12.1. The van der Waals surface area contributed by atoms with Crippen LogP contribution in [-0.2, 0) is 14.4 Å². The maximum atomic E-state index is 12.1. The number of imide groups is 1. The molecule has 2 aliphatic rings. The quantitative estimate of drug-likeness (QED) is 0.674. The number of amides is 4. The van der Waals surface area contributed by atoms with Gasteiger partial charge in [-0.2, -0.15) is 0 Å². The minimum atomic E-state index is -0.946. The summed E-state index contributed by atoms with van der Waals surface area (Å²) in [5.74, 6) is -1.66. The van der Waals surface area contributed by atoms with Crippen LogP contribution in [-0.4, -0.2) is 63.9 Å². The SMILES string of the molecule is CCC1(C)NC(=O)N(CC(=O)N2CC(CC(=O)O)C2)C1=O. The van der Waals surface area contributed by atoms with Crippen LogP contribution >= 0.6 is 0 Å². The predicted octanol–water partition coefficient (Wildman–Crippen LogP) is -0.360. The van der Waals surface area contributed by atoms with E-state index in [9.17, 15) is 19.2 Å². The van der Waals surface area contributed by atoms with Gasteiger partial charge in [-0.15, -0.1) is 0 Å². The number of carbonyl (C=O) groups is 4. The Hall–Kier alpha value is -2.12. The van der Waals surface area contributed by atoms with Crippen LogP contribution in [0.3, 0.4) is 0 Å². The average molecular weight is 297 g/mol. The number of urea groups is 1. The number of aliphatic carboxylic acids is 1. The number of carboxylic acids is 1. The van der Waals surface area contributed by atoms with E-state index in [1.165, 1.54) is 4.90 Å². The van der Waals surface area contributed by atoms with Gasteiger partial charge in [-0.3, -0.25) is 19.3 Å². The number of likely N-dealkylation sites (tertiary alicyclic amines) is 1. The third kappa shape index (κ3) is 2.84. The van der Waals surface area contributed by atoms with Gasteiger partial charge in [0.25, 0.3) is 5.91 Å². The van der Waals surface area contributed by atoms with Crippen LogP contribution in [0.25, 0.3) is 0 Å². The molecule has 8 nitrogen and oxygen atoms in total. The Morgan fingerprint density at radius 3 is 2.48 bits per heavy atom. The molecule has 2 fully saturated rings. The largest absolute Gasteiger partial charge is 0.481 e. The van der Waals surface area contributed by atoms with E-state index in [2.05, 4.69) is 5.32 Å². The summed E-state index contributed by atoms with van der Waals surface area (Å²) in [7, 11) is 0. The van der Waals surface area contributed by atoms with Gasteiger partial charge in [0.05, 0.1) is 6.42 Å². The molecule has 0 aromatic heterocycles. The maximum Gasteiger partial charge on any atom is 0.325 e. The first-order valence-corrected chi connectivity index (χ1v) is 6.90. The Morgan fingerprint density at radius 1 is 1.38 bits per heavy atom. The fraction of sp³-hybridized carbons (Fsp3) is 0.692. The fourth-order valence-electron chi connectivity index (χ4n) is 2.52. The molecule has 0 spiro atoms. The van der Waals surface area contributed by atoms with E-state index in [-0.39, 0.29) is 24.8 Å². The lowest BCUT2D eigenvalue weighted by atomic mass is 9.96. The molecule has 0 aromatic rings. The lowest BCUT2D eigenvalue weighted by Gasteiger charge is -2.39. The number of hydrogen-bond donors (Lipinski definition) is 2. The third-order valence-corrected chi connectivity index (χ3v) is 4.12. The van der Waals surface area contributed by atoms with Crippen molar-refractivity contribution in [2.75, 3.05) is 19.6 Å². The van der Waals surface area contributed by atoms with Crippen LogP contribution in [0.1, 0.15) is 26.7 Å². The van der Waals surface area contributed by atoms with E-state index in [1.807, 2.05) is 0 Å². The van der Waals surface area contributed by atoms with E-state index in [1.54, 1.807) is 13.8 Å². The van der Waals surface area contributed by atoms with Gasteiger partial charge in [-0.05, 0) is 13.3 Å². The fourth-order valence-corrected chi connectivity index (χ4v) is 2.52. The van der Waals surface area contributed by atoms with E-state index < -0.39 is 23.4 Å². The van der Waals surface area contributed by atoms with Gasteiger partial charge >= 0.3 is 12.0 Å². The molecule has 2 rings (SSSR count). The number of nitrogens with one attached hydrogen (secondary N) is 1. The van der Waals surface area contributed by atoms with Crippen molar-refractivity contribution in [1.29, 1.82) is 0 Å². The zero-order valence-corrected chi connectivity index (χ0v) is 12.1. The summed E-state index contributed by atoms with van der Waals surface area (Å²) in [5.41, 5.74) is -0.946. The molecular weight excluding hydrogens is 278 g/mol. The highest BCUT2D eigenvalue weighted by atomic mass is 16.4. The zero-order chi connectivity index (χ0) is 15.8. The van der Waals surface area contributed by atoms with Crippen LogP contribution in [0.15, 0.2) is 0 Å². The van der Waals surface area contributed by atoms with E-state index >= 15 is 0 Å². The van der Waals surface area contributed by atoms with E-state index in [4.69, 9.17) is 5.11 Å². The first kappa shape index (κ1) is 15.3. The molecule has 0 saturated carbocycles. The minimum absolute atomic E-state index is 0.0286. The number of rotatable bonds is 5. The lowest BCUT2D eigenvalue weighted by molar-refractivity contribution is -0.146. The van der Waals surface area contributed by atoms with E-state index in [0.29, 0.717) is 19.5 Å². The molecule has 8 heteroatoms. The normalized spacial score (nSPS) is 25.8. The predicted molar refractivity (Wildman–Crippen MR) is 71.3 cm³/mol. The molecule has 0 radical (unpaired) electrons. The molecule has 2 aliphatic heterocycles. The summed E-state index contributed by atoms with van der Waals surface area (Å²) in [6.07, 6.45) is 0.480. The molecule has 0 bridgehead atoms. The minimum Gasteiger partial charge on any atom is -0.481 e. The second-order valence-corrected chi connectivity index (χ2v) is 5.77. The number of hydrogen-bond acceptors (Lipinski definition) is 4. The van der Waals surface area contributed by atoms with E-state index in [0.717, 1.165) is 4.90 Å². The smallest absolute Gasteiger partial charge is 0.325 e. The molecule has 2 saturated heterocycles. The second kappa shape index (κ2) is 5.34. The molecule has 0 aliphatic carbocycles. The highest BCUT2D eigenvalue weighted by Crippen LogP contribution is 2.23. The molecule has 2 heterocycles. The van der Waals surface area contributed by atoms with Crippen LogP contribution in [0.4, 0.5) is 4.79 Å². The van der Waals surface area contributed by atoms with Gasteiger partial charge in [0.15, 0.2) is 0 Å². The summed E-state index contributed by atoms with van der Waals surface area (Å²) in [4.78, 5) is 48.9. The monoisotopic (exact) mass is 297 g/mol. The van der Waals surface area contributed by atoms with Gasteiger partial charge in [0.1, 0.15) is 12.1 Å². The van der Waals surface area contributed by atoms with Crippen molar-refractivity contribution in [3.63, 3.8) is 0 Å². The lowest BCUT2D eigenvalue weighted by Crippen LogP contribution is -2.54. The van der Waals surface area contributed by atoms with Gasteiger partial charge in [0.2, 0.25) is 5.91 Å². The molecule has 116 valence electrons. The van der Waals surface area contributed by atoms with Crippen molar-refractivity contribution >= 4 is 23.8 Å². The second-order valence-electron chi connectivity index (χ2n) is 5.77. The van der Waals surface area contributed by atoms with Crippen molar-refractivity contribution in [2.45, 2.75) is 32.2 Å². The molecule has 2 N–H and O–H groups in total. The van der Waals surface area contributed by atoms with Crippen LogP contribution < -0.4 is 5.32 Å². The summed E-state index contributed by atoms with van der Waals surface area (Å²) in [6, 6.07) is -0.555. The molecule has 1 atom stereocenters. The summed E-state index contributed by atoms with van der Waals surface area (Å²) in [6.45, 7) is 3.85. The highest BCUT2D eigenvalue weighted by molar-refractivity contribution is 6.08. The average Bonchev–Trinajstić information content (AvgIpc) is 2.57. The van der Waals surface area contributed by atoms with Crippen molar-refractivity contribution in [3.8, 4) is 0 Å². The Bertz CT molecular complexity index is 500. The van der Waals surface area contributed by atoms with Crippen molar-refractivity contribution in [1.82, 2.24) is 15.1 Å². The number of carbonyl (C=O) groups excluding carboxylic acids is 3. The number of carboxylic acid groups (broad SMARTS) is 1. The molecule has 21 heavy (non-hydrogen) atoms. The van der Waals surface area contributed by atoms with Crippen LogP contribution in [0.2, 0.25) is 0 Å². The van der Waals surface area contributed by atoms with Crippen LogP contribution in [0.5, 0.6) is 0 Å². The molecule has 1 unspecified atom stereocenters. The standard InChI is InChI=1S/C13H19N3O5/c1-3-13(2)11(20)16(12(21)14-13)7-9(17)15-5-8(6-15)4-10(18)19/h8H,3-7H2,1-2H3,(H,14,21)(H,18,19). The molecule has 0 aromatic carbocycles. The highest BCUT2D eigenvalue weighted by Gasteiger charge is 2.47. The van der Waals surface area contributed by atoms with Gasteiger partial charge in [0, 0.05) is 19.0 Å². The summed E-state index contributed by atoms with van der Waals surface area (Å²) < 4.78 is 0. The topological polar surface area (TPSA) is 107 Å². The number of nitrogens with zero attached hydrogens (tertiary/aromatic N) is 2. The molecule has 4 amide bonds. The van der Waals surface area contributed by atoms with Crippen LogP contribution in [0, 0.1) is 5.92 Å². The first-order chi connectivity index (χ1) is 9.76. The Morgan fingerprint density at radius 2 is 2.00 bits per heavy atom. The van der Waals surface area contributed by atoms with Crippen molar-refractivity contribution in [2.24, 2.45) is 5.92 Å². The Kier molecular flexibility index (Phi) is 3.89. The summed E-state index contributed by atoms with van der Waals surface area (Å²) in [5, 5.41) is 11.2. The first-order valence-electron chi connectivity index (χ1n) is 6.90. The Labute approximate surface area is 122 Å². The van der Waals surface area contributed by atoms with Gasteiger partial charge < -0.3 is 15.3 Å². The third-order valence-electron chi connectivity index (χ3n) is 4.12. The zero-order valence-electron chi connectivity index (χ0n) is 12.1. The van der Waals surface area contributed by atoms with Gasteiger partial charge in [-0.1, -0.05) is 6.92 Å². The Balaban J connectivity index is 1.88. The molecular formula is C13H19N3O5.